The highest BCUT2D eigenvalue weighted by molar-refractivity contribution is 7.85. The van der Waals surface area contributed by atoms with Crippen LogP contribution < -0.4 is 0 Å². The lowest BCUT2D eigenvalue weighted by atomic mass is 10.1. The van der Waals surface area contributed by atoms with Crippen LogP contribution in [0.3, 0.4) is 0 Å². The summed E-state index contributed by atoms with van der Waals surface area (Å²) in [4.78, 5) is 0. The minimum absolute atomic E-state index is 0.00996. The molecule has 0 aromatic rings. The van der Waals surface area contributed by atoms with Crippen molar-refractivity contribution in [2.75, 3.05) is 24.7 Å². The minimum atomic E-state index is -0.904. The van der Waals surface area contributed by atoms with Crippen LogP contribution in [-0.2, 0) is 15.5 Å². The first-order valence-electron chi connectivity index (χ1n) is 5.90. The first-order valence-corrected chi connectivity index (χ1v) is 7.39. The van der Waals surface area contributed by atoms with Gasteiger partial charge in [0, 0.05) is 22.3 Å². The molecule has 0 bridgehead atoms. The van der Waals surface area contributed by atoms with Crippen molar-refractivity contribution in [2.45, 2.75) is 44.6 Å². The standard InChI is InChI=1S/C11H22O3S/c12-7-9-15(13)10-8-14-11-5-3-1-2-4-6-11/h11-12H,1-10H2. The number of aliphatic hydroxyl groups is 1. The first kappa shape index (κ1) is 13.1. The monoisotopic (exact) mass is 234 g/mol. The van der Waals surface area contributed by atoms with E-state index in [-0.39, 0.29) is 6.61 Å². The van der Waals surface area contributed by atoms with Crippen molar-refractivity contribution in [3.63, 3.8) is 0 Å². The zero-order valence-electron chi connectivity index (χ0n) is 9.32. The largest absolute Gasteiger partial charge is 0.395 e. The molecule has 0 saturated heterocycles. The van der Waals surface area contributed by atoms with Crippen LogP contribution in [0, 0.1) is 0 Å². The van der Waals surface area contributed by atoms with E-state index in [1.165, 1.54) is 25.7 Å². The lowest BCUT2D eigenvalue weighted by Gasteiger charge is -2.14. The quantitative estimate of drug-likeness (QED) is 0.708. The number of hydrogen-bond acceptors (Lipinski definition) is 3. The Morgan fingerprint density at radius 3 is 2.40 bits per heavy atom. The molecule has 0 aromatic carbocycles. The topological polar surface area (TPSA) is 46.5 Å². The summed E-state index contributed by atoms with van der Waals surface area (Å²) in [7, 11) is -0.904. The van der Waals surface area contributed by atoms with Crippen molar-refractivity contribution >= 4 is 10.8 Å². The zero-order valence-corrected chi connectivity index (χ0v) is 10.1. The van der Waals surface area contributed by atoms with E-state index in [2.05, 4.69) is 0 Å². The van der Waals surface area contributed by atoms with Gasteiger partial charge in [-0.25, -0.2) is 0 Å². The molecule has 1 atom stereocenters. The maximum absolute atomic E-state index is 11.2. The van der Waals surface area contributed by atoms with Gasteiger partial charge in [0.05, 0.1) is 19.3 Å². The molecule has 0 spiro atoms. The fourth-order valence-electron chi connectivity index (χ4n) is 1.92. The molecule has 4 heteroatoms. The predicted octanol–water partition coefficient (Wildman–Crippen LogP) is 1.47. The predicted molar refractivity (Wildman–Crippen MR) is 62.4 cm³/mol. The Morgan fingerprint density at radius 1 is 1.13 bits per heavy atom. The molecule has 1 rings (SSSR count). The summed E-state index contributed by atoms with van der Waals surface area (Å²) in [5, 5.41) is 8.59. The number of aliphatic hydroxyl groups excluding tert-OH is 1. The van der Waals surface area contributed by atoms with Gasteiger partial charge in [-0.1, -0.05) is 25.7 Å². The Labute approximate surface area is 94.7 Å². The molecule has 1 aliphatic rings. The highest BCUT2D eigenvalue weighted by atomic mass is 32.2. The zero-order chi connectivity index (χ0) is 10.9. The van der Waals surface area contributed by atoms with E-state index in [9.17, 15) is 4.21 Å². The highest BCUT2D eigenvalue weighted by Gasteiger charge is 2.12. The van der Waals surface area contributed by atoms with Crippen LogP contribution >= 0.6 is 0 Å². The Balaban J connectivity index is 2.05. The molecule has 0 heterocycles. The molecular formula is C11H22O3S. The van der Waals surface area contributed by atoms with Crippen LogP contribution in [0.5, 0.6) is 0 Å². The van der Waals surface area contributed by atoms with E-state index < -0.39 is 10.8 Å². The molecule has 1 fully saturated rings. The second kappa shape index (κ2) is 8.25. The van der Waals surface area contributed by atoms with Gasteiger partial charge in [-0.2, -0.15) is 0 Å². The molecular weight excluding hydrogens is 212 g/mol. The third kappa shape index (κ3) is 6.28. The highest BCUT2D eigenvalue weighted by Crippen LogP contribution is 2.19. The Kier molecular flexibility index (Phi) is 7.22. The van der Waals surface area contributed by atoms with E-state index in [1.54, 1.807) is 0 Å². The summed E-state index contributed by atoms with van der Waals surface area (Å²) in [5.74, 6) is 0.949. The fraction of sp³-hybridized carbons (Fsp3) is 1.00. The van der Waals surface area contributed by atoms with Gasteiger partial charge in [-0.05, 0) is 12.8 Å². The van der Waals surface area contributed by atoms with Crippen LogP contribution in [0.15, 0.2) is 0 Å². The molecule has 90 valence electrons. The molecule has 0 aliphatic heterocycles. The lowest BCUT2D eigenvalue weighted by molar-refractivity contribution is 0.0539. The van der Waals surface area contributed by atoms with Crippen molar-refractivity contribution in [3.8, 4) is 0 Å². The summed E-state index contributed by atoms with van der Waals surface area (Å²) in [6, 6.07) is 0. The fourth-order valence-corrected chi connectivity index (χ4v) is 2.61. The van der Waals surface area contributed by atoms with Crippen LogP contribution in [0.4, 0.5) is 0 Å². The van der Waals surface area contributed by atoms with Crippen molar-refractivity contribution in [1.82, 2.24) is 0 Å². The number of rotatable bonds is 6. The summed E-state index contributed by atoms with van der Waals surface area (Å²) < 4.78 is 16.9. The van der Waals surface area contributed by atoms with Crippen molar-refractivity contribution in [3.05, 3.63) is 0 Å². The molecule has 0 radical (unpaired) electrons. The normalized spacial score (nSPS) is 21.1. The number of hydrogen-bond donors (Lipinski definition) is 1. The summed E-state index contributed by atoms with van der Waals surface area (Å²) >= 11 is 0. The minimum Gasteiger partial charge on any atom is -0.395 e. The maximum Gasteiger partial charge on any atom is 0.0585 e. The van der Waals surface area contributed by atoms with Crippen molar-refractivity contribution in [2.24, 2.45) is 0 Å². The average molecular weight is 234 g/mol. The SMILES string of the molecule is O=S(CCO)CCOC1CCCCCC1. The maximum atomic E-state index is 11.2. The molecule has 1 saturated carbocycles. The van der Waals surface area contributed by atoms with Gasteiger partial charge in [0.1, 0.15) is 0 Å². The van der Waals surface area contributed by atoms with Gasteiger partial charge in [0.25, 0.3) is 0 Å². The molecule has 0 amide bonds. The molecule has 15 heavy (non-hydrogen) atoms. The van der Waals surface area contributed by atoms with Gasteiger partial charge in [0.15, 0.2) is 0 Å². The van der Waals surface area contributed by atoms with E-state index in [0.29, 0.717) is 24.2 Å². The van der Waals surface area contributed by atoms with Crippen LogP contribution in [0.2, 0.25) is 0 Å². The molecule has 1 N–H and O–H groups in total. The summed E-state index contributed by atoms with van der Waals surface area (Å²) in [6.45, 7) is 0.591. The average Bonchev–Trinajstić information content (AvgIpc) is 2.47. The smallest absolute Gasteiger partial charge is 0.0585 e. The van der Waals surface area contributed by atoms with Crippen molar-refractivity contribution < 1.29 is 14.1 Å². The van der Waals surface area contributed by atoms with Crippen molar-refractivity contribution in [1.29, 1.82) is 0 Å². The van der Waals surface area contributed by atoms with Crippen LogP contribution in [0.1, 0.15) is 38.5 Å². The number of ether oxygens (including phenoxy) is 1. The Morgan fingerprint density at radius 2 is 1.80 bits per heavy atom. The van der Waals surface area contributed by atoms with E-state index in [0.717, 1.165) is 12.8 Å². The Bertz CT molecular complexity index is 177. The molecule has 3 nitrogen and oxygen atoms in total. The second-order valence-electron chi connectivity index (χ2n) is 4.06. The van der Waals surface area contributed by atoms with Crippen LogP contribution in [0.25, 0.3) is 0 Å². The van der Waals surface area contributed by atoms with Gasteiger partial charge in [-0.15, -0.1) is 0 Å². The third-order valence-electron chi connectivity index (χ3n) is 2.79. The van der Waals surface area contributed by atoms with Gasteiger partial charge in [0.2, 0.25) is 0 Å². The molecule has 0 aromatic heterocycles. The molecule has 1 aliphatic carbocycles. The molecule has 1 unspecified atom stereocenters. The third-order valence-corrected chi connectivity index (χ3v) is 4.05. The van der Waals surface area contributed by atoms with E-state index in [4.69, 9.17) is 9.84 Å². The summed E-state index contributed by atoms with van der Waals surface area (Å²) in [5.41, 5.74) is 0. The van der Waals surface area contributed by atoms with E-state index in [1.807, 2.05) is 0 Å². The van der Waals surface area contributed by atoms with Gasteiger partial charge in [-0.3, -0.25) is 4.21 Å². The summed E-state index contributed by atoms with van der Waals surface area (Å²) in [6.07, 6.45) is 7.90. The lowest BCUT2D eigenvalue weighted by Crippen LogP contribution is -2.17. The first-order chi connectivity index (χ1) is 7.33. The van der Waals surface area contributed by atoms with Gasteiger partial charge >= 0.3 is 0 Å². The Hall–Kier alpha value is 0.0700. The van der Waals surface area contributed by atoms with E-state index >= 15 is 0 Å². The second-order valence-corrected chi connectivity index (χ2v) is 5.75. The van der Waals surface area contributed by atoms with Crippen LogP contribution in [-0.4, -0.2) is 40.1 Å². The van der Waals surface area contributed by atoms with Gasteiger partial charge < -0.3 is 9.84 Å².